The van der Waals surface area contributed by atoms with Gasteiger partial charge in [-0.2, -0.15) is 0 Å². The molecule has 0 aromatic heterocycles. The molecule has 1 aromatic carbocycles. The van der Waals surface area contributed by atoms with Crippen LogP contribution in [0.15, 0.2) is 12.1 Å². The molecule has 4 rings (SSSR count). The molecule has 5 nitrogen and oxygen atoms in total. The average molecular weight is 398 g/mol. The summed E-state index contributed by atoms with van der Waals surface area (Å²) in [5.74, 6) is 1.74. The Morgan fingerprint density at radius 3 is 2.31 bits per heavy atom. The summed E-state index contributed by atoms with van der Waals surface area (Å²) < 4.78 is 11.0. The van der Waals surface area contributed by atoms with E-state index >= 15 is 0 Å². The third kappa shape index (κ3) is 3.38. The van der Waals surface area contributed by atoms with E-state index < -0.39 is 0 Å². The third-order valence-electron chi connectivity index (χ3n) is 7.52. The summed E-state index contributed by atoms with van der Waals surface area (Å²) in [6.07, 6.45) is 6.08. The quantitative estimate of drug-likeness (QED) is 0.541. The minimum absolute atomic E-state index is 0.160. The van der Waals surface area contributed by atoms with Crippen LogP contribution in [0.5, 0.6) is 11.5 Å². The summed E-state index contributed by atoms with van der Waals surface area (Å²) in [7, 11) is 0. The van der Waals surface area contributed by atoms with Crippen LogP contribution in [0.4, 0.5) is 0 Å². The van der Waals surface area contributed by atoms with Crippen LogP contribution in [0.1, 0.15) is 82.8 Å². The maximum Gasteiger partial charge on any atom is 0.311 e. The lowest BCUT2D eigenvalue weighted by Gasteiger charge is -2.48. The van der Waals surface area contributed by atoms with E-state index in [9.17, 15) is 14.4 Å². The van der Waals surface area contributed by atoms with E-state index in [0.29, 0.717) is 41.5 Å². The molecule has 5 heteroatoms. The van der Waals surface area contributed by atoms with Crippen LogP contribution in [-0.4, -0.2) is 17.7 Å². The third-order valence-corrected chi connectivity index (χ3v) is 7.52. The molecule has 0 unspecified atom stereocenters. The summed E-state index contributed by atoms with van der Waals surface area (Å²) in [5, 5.41) is 0. The van der Waals surface area contributed by atoms with Crippen molar-refractivity contribution in [3.8, 4) is 11.5 Å². The van der Waals surface area contributed by atoms with E-state index in [1.807, 2.05) is 12.1 Å². The summed E-state index contributed by atoms with van der Waals surface area (Å²) in [4.78, 5) is 36.4. The van der Waals surface area contributed by atoms with Crippen molar-refractivity contribution in [2.24, 2.45) is 17.3 Å². The van der Waals surface area contributed by atoms with Gasteiger partial charge in [0.15, 0.2) is 11.5 Å². The lowest BCUT2D eigenvalue weighted by Crippen LogP contribution is -2.42. The first-order chi connectivity index (χ1) is 13.9. The van der Waals surface area contributed by atoms with Gasteiger partial charge in [-0.1, -0.05) is 20.8 Å². The van der Waals surface area contributed by atoms with Gasteiger partial charge in [-0.25, -0.2) is 0 Å². The lowest BCUT2D eigenvalue weighted by molar-refractivity contribution is -0.136. The Balaban J connectivity index is 1.70. The lowest BCUT2D eigenvalue weighted by atomic mass is 9.55. The van der Waals surface area contributed by atoms with E-state index in [1.54, 1.807) is 13.8 Å². The number of ketones is 1. The molecule has 156 valence electrons. The molecule has 0 radical (unpaired) electrons. The molecule has 0 saturated heterocycles. The number of fused-ring (bicyclic) bond motifs is 5. The van der Waals surface area contributed by atoms with Crippen molar-refractivity contribution in [2.75, 3.05) is 0 Å². The Morgan fingerprint density at radius 1 is 1.00 bits per heavy atom. The van der Waals surface area contributed by atoms with Crippen molar-refractivity contribution in [3.63, 3.8) is 0 Å². The number of Topliss-reactive ketones (excluding diaryl/α,β-unsaturated/α-hetero) is 1. The SMILES string of the molecule is CCC(=O)Oc1cc2c(cc1OC(=O)CC)[C@H]1CC[C@]3(C)C(=O)CC[C@H]3[C@@H]1CC2. The zero-order chi connectivity index (χ0) is 20.8. The van der Waals surface area contributed by atoms with Crippen LogP contribution in [0.25, 0.3) is 0 Å². The zero-order valence-corrected chi connectivity index (χ0v) is 17.6. The smallest absolute Gasteiger partial charge is 0.311 e. The molecule has 2 fully saturated rings. The highest BCUT2D eigenvalue weighted by molar-refractivity contribution is 5.87. The summed E-state index contributed by atoms with van der Waals surface area (Å²) in [6, 6.07) is 3.82. The standard InChI is InChI=1S/C24H30O5/c1-4-22(26)28-19-12-14-6-7-16-15(17(14)13-20(19)29-23(27)5-2)10-11-24(3)18(16)8-9-21(24)25/h12-13,15-16,18H,4-11H2,1-3H3/t15-,16+,18-,24-/m0/s1. The van der Waals surface area contributed by atoms with Gasteiger partial charge in [0.2, 0.25) is 0 Å². The van der Waals surface area contributed by atoms with E-state index in [1.165, 1.54) is 11.1 Å². The van der Waals surface area contributed by atoms with Crippen molar-refractivity contribution < 1.29 is 23.9 Å². The molecule has 3 aliphatic carbocycles. The molecule has 0 amide bonds. The van der Waals surface area contributed by atoms with E-state index in [-0.39, 0.29) is 30.2 Å². The fraction of sp³-hybridized carbons (Fsp3) is 0.625. The molecule has 0 bridgehead atoms. The molecule has 29 heavy (non-hydrogen) atoms. The first kappa shape index (κ1) is 20.1. The van der Waals surface area contributed by atoms with Gasteiger partial charge in [0, 0.05) is 24.7 Å². The Bertz CT molecular complexity index is 857. The molecule has 3 aliphatic rings. The van der Waals surface area contributed by atoms with Crippen molar-refractivity contribution in [1.29, 1.82) is 0 Å². The average Bonchev–Trinajstić information content (AvgIpc) is 3.02. The molecular formula is C24H30O5. The van der Waals surface area contributed by atoms with Crippen molar-refractivity contribution >= 4 is 17.7 Å². The molecule has 1 aromatic rings. The first-order valence-corrected chi connectivity index (χ1v) is 11.0. The monoisotopic (exact) mass is 398 g/mol. The molecule has 2 saturated carbocycles. The molecule has 0 spiro atoms. The Kier molecular flexibility index (Phi) is 5.26. The fourth-order valence-electron chi connectivity index (χ4n) is 5.90. The predicted molar refractivity (Wildman–Crippen MR) is 108 cm³/mol. The molecular weight excluding hydrogens is 368 g/mol. The second kappa shape index (κ2) is 7.58. The second-order valence-corrected chi connectivity index (χ2v) is 8.99. The molecule has 4 atom stereocenters. The normalized spacial score (nSPS) is 30.2. The van der Waals surface area contributed by atoms with Crippen LogP contribution >= 0.6 is 0 Å². The minimum Gasteiger partial charge on any atom is -0.423 e. The van der Waals surface area contributed by atoms with Crippen LogP contribution in [-0.2, 0) is 20.8 Å². The maximum atomic E-state index is 12.5. The number of esters is 2. The van der Waals surface area contributed by atoms with Crippen LogP contribution in [0.3, 0.4) is 0 Å². The van der Waals surface area contributed by atoms with Crippen molar-refractivity contribution in [1.82, 2.24) is 0 Å². The van der Waals surface area contributed by atoms with Gasteiger partial charge in [-0.3, -0.25) is 14.4 Å². The number of rotatable bonds is 4. The number of carbonyl (C=O) groups is 3. The summed E-state index contributed by atoms with van der Waals surface area (Å²) in [5.41, 5.74) is 2.22. The molecule has 0 aliphatic heterocycles. The highest BCUT2D eigenvalue weighted by Crippen LogP contribution is 2.60. The topological polar surface area (TPSA) is 69.7 Å². The molecule has 0 N–H and O–H groups in total. The molecule has 0 heterocycles. The van der Waals surface area contributed by atoms with E-state index in [0.717, 1.165) is 32.1 Å². The van der Waals surface area contributed by atoms with Crippen LogP contribution < -0.4 is 9.47 Å². The highest BCUT2D eigenvalue weighted by Gasteiger charge is 2.54. The van der Waals surface area contributed by atoms with Gasteiger partial charge in [0.1, 0.15) is 5.78 Å². The first-order valence-electron chi connectivity index (χ1n) is 11.0. The van der Waals surface area contributed by atoms with Crippen LogP contribution in [0.2, 0.25) is 0 Å². The predicted octanol–water partition coefficient (Wildman–Crippen LogP) is 4.74. The van der Waals surface area contributed by atoms with Crippen LogP contribution in [0, 0.1) is 17.3 Å². The highest BCUT2D eigenvalue weighted by atomic mass is 16.6. The zero-order valence-electron chi connectivity index (χ0n) is 17.6. The van der Waals surface area contributed by atoms with Gasteiger partial charge in [-0.05, 0) is 73.1 Å². The Morgan fingerprint density at radius 2 is 1.66 bits per heavy atom. The van der Waals surface area contributed by atoms with Gasteiger partial charge in [0.25, 0.3) is 0 Å². The number of hydrogen-bond donors (Lipinski definition) is 0. The van der Waals surface area contributed by atoms with E-state index in [2.05, 4.69) is 6.92 Å². The van der Waals surface area contributed by atoms with Gasteiger partial charge < -0.3 is 9.47 Å². The van der Waals surface area contributed by atoms with Gasteiger partial charge >= 0.3 is 11.9 Å². The number of benzene rings is 1. The van der Waals surface area contributed by atoms with Gasteiger partial charge in [-0.15, -0.1) is 0 Å². The fourth-order valence-corrected chi connectivity index (χ4v) is 5.90. The number of carbonyl (C=O) groups excluding carboxylic acids is 3. The van der Waals surface area contributed by atoms with Gasteiger partial charge in [0.05, 0.1) is 0 Å². The van der Waals surface area contributed by atoms with Crippen molar-refractivity contribution in [2.45, 2.75) is 78.1 Å². The number of ether oxygens (including phenoxy) is 2. The minimum atomic E-state index is -0.344. The second-order valence-electron chi connectivity index (χ2n) is 8.99. The van der Waals surface area contributed by atoms with E-state index in [4.69, 9.17) is 9.47 Å². The summed E-state index contributed by atoms with van der Waals surface area (Å²) in [6.45, 7) is 5.65. The largest absolute Gasteiger partial charge is 0.423 e. The number of aryl methyl sites for hydroxylation is 1. The van der Waals surface area contributed by atoms with Crippen molar-refractivity contribution in [3.05, 3.63) is 23.3 Å². The Labute approximate surface area is 172 Å². The Hall–Kier alpha value is -2.17. The maximum absolute atomic E-state index is 12.5. The number of hydrogen-bond acceptors (Lipinski definition) is 5. The summed E-state index contributed by atoms with van der Waals surface area (Å²) >= 11 is 0.